The van der Waals surface area contributed by atoms with Crippen molar-refractivity contribution in [2.45, 2.75) is 215 Å². The zero-order valence-corrected chi connectivity index (χ0v) is 45.7. The number of hydrogen-bond acceptors (Lipinski definition) is 9. The molecule has 9 heteroatoms. The van der Waals surface area contributed by atoms with Gasteiger partial charge in [0.25, 0.3) is 0 Å². The molecule has 6 unspecified atom stereocenters. The van der Waals surface area contributed by atoms with Crippen molar-refractivity contribution in [2.24, 2.45) is 53.3 Å². The molecule has 9 aliphatic heterocycles. The van der Waals surface area contributed by atoms with Crippen LogP contribution in [0.3, 0.4) is 0 Å². The maximum atomic E-state index is 3.47. The summed E-state index contributed by atoms with van der Waals surface area (Å²) in [5.41, 5.74) is 0. The first-order valence-corrected chi connectivity index (χ1v) is 29.3. The predicted octanol–water partition coefficient (Wildman–Crippen LogP) is 8.45. The highest BCUT2D eigenvalue weighted by atomic mass is 15.3. The third kappa shape index (κ3) is 13.8. The Morgan fingerprint density at radius 1 is 0.273 bits per heavy atom. The SMILES string of the molecule is CC(C)N1CC2CCCC2C1.CC(C)N1CC2CCC[C@@H]2C1.CC(C)N1CC2CCC[C@H]2C1.CC(C)N1CCC2CNCC21.CC(C)N1CC[C@@H]2CNC[C@@H]21.CC(C)N1CC[C@H]2CNC[C@H]21. The molecule has 12 fully saturated rings. The van der Waals surface area contributed by atoms with Crippen molar-refractivity contribution >= 4 is 0 Å². The van der Waals surface area contributed by atoms with Gasteiger partial charge in [0.1, 0.15) is 0 Å². The first-order valence-electron chi connectivity index (χ1n) is 29.3. The van der Waals surface area contributed by atoms with Crippen molar-refractivity contribution in [3.63, 3.8) is 0 Å². The van der Waals surface area contributed by atoms with Gasteiger partial charge >= 0.3 is 0 Å². The lowest BCUT2D eigenvalue weighted by Crippen LogP contribution is -2.38. The maximum absolute atomic E-state index is 3.47. The van der Waals surface area contributed by atoms with Crippen LogP contribution in [-0.2, 0) is 0 Å². The van der Waals surface area contributed by atoms with E-state index in [1.54, 1.807) is 0 Å². The molecule has 0 spiro atoms. The second kappa shape index (κ2) is 25.3. The highest BCUT2D eigenvalue weighted by molar-refractivity contribution is 4.98. The monoisotopic (exact) mass is 922 g/mol. The Labute approximate surface area is 409 Å². The fourth-order valence-corrected chi connectivity index (χ4v) is 15.6. The first-order chi connectivity index (χ1) is 31.7. The van der Waals surface area contributed by atoms with Crippen molar-refractivity contribution < 1.29 is 0 Å². The third-order valence-corrected chi connectivity index (χ3v) is 19.9. The zero-order valence-electron chi connectivity index (χ0n) is 45.7. The van der Waals surface area contributed by atoms with Gasteiger partial charge in [0.15, 0.2) is 0 Å². The van der Waals surface area contributed by atoms with Gasteiger partial charge in [-0.1, -0.05) is 19.3 Å². The van der Waals surface area contributed by atoms with Gasteiger partial charge in [-0.05, 0) is 233 Å². The van der Waals surface area contributed by atoms with Gasteiger partial charge in [-0.2, -0.15) is 0 Å². The van der Waals surface area contributed by atoms with Crippen LogP contribution >= 0.6 is 0 Å². The minimum atomic E-state index is 0.741. The summed E-state index contributed by atoms with van der Waals surface area (Å²) in [6.07, 6.45) is 17.8. The summed E-state index contributed by atoms with van der Waals surface area (Å²) in [6, 6.07) is 7.13. The quantitative estimate of drug-likeness (QED) is 0.244. The molecule has 9 heterocycles. The van der Waals surface area contributed by atoms with E-state index in [1.807, 2.05) is 0 Å². The second-order valence-electron chi connectivity index (χ2n) is 25.8. The van der Waals surface area contributed by atoms with Crippen molar-refractivity contribution in [3.8, 4) is 0 Å². The lowest BCUT2D eigenvalue weighted by atomic mass is 10.0. The molecule has 3 saturated carbocycles. The highest BCUT2D eigenvalue weighted by Gasteiger charge is 2.42. The summed E-state index contributed by atoms with van der Waals surface area (Å²) in [7, 11) is 0. The van der Waals surface area contributed by atoms with E-state index >= 15 is 0 Å². The number of nitrogens with one attached hydrogen (secondary N) is 3. The topological polar surface area (TPSA) is 55.5 Å². The molecular formula is C57H111N9. The summed E-state index contributed by atoms with van der Waals surface area (Å²) in [5.74, 6) is 9.27. The molecule has 12 rings (SSSR count). The molecule has 12 aliphatic rings. The molecule has 0 aromatic carbocycles. The minimum absolute atomic E-state index is 0.741. The lowest BCUT2D eigenvalue weighted by Gasteiger charge is -2.26. The molecule has 9 saturated heterocycles. The number of nitrogens with zero attached hydrogens (tertiary/aromatic N) is 6. The average molecular weight is 923 g/mol. The number of likely N-dealkylation sites (tertiary alicyclic amines) is 6. The molecule has 3 aliphatic carbocycles. The van der Waals surface area contributed by atoms with Crippen LogP contribution in [-0.4, -0.2) is 182 Å². The van der Waals surface area contributed by atoms with Crippen molar-refractivity contribution in [1.29, 1.82) is 0 Å². The van der Waals surface area contributed by atoms with E-state index in [2.05, 4.69) is 128 Å². The molecule has 12 atom stereocenters. The smallest absolute Gasteiger partial charge is 0.0264 e. The molecule has 3 N–H and O–H groups in total. The van der Waals surface area contributed by atoms with Crippen molar-refractivity contribution in [2.75, 3.05) is 98.2 Å². The van der Waals surface area contributed by atoms with Gasteiger partial charge in [-0.3, -0.25) is 14.7 Å². The van der Waals surface area contributed by atoms with Crippen LogP contribution in [0.15, 0.2) is 0 Å². The molecule has 384 valence electrons. The number of fused-ring (bicyclic) bond motifs is 6. The molecule has 66 heavy (non-hydrogen) atoms. The summed E-state index contributed by atoms with van der Waals surface area (Å²) in [5, 5.41) is 10.4. The molecule has 0 amide bonds. The van der Waals surface area contributed by atoms with E-state index in [9.17, 15) is 0 Å². The fraction of sp³-hybridized carbons (Fsp3) is 1.00. The standard InChI is InChI=1S/3C10H19N.3C9H18N2/c3*1-8(2)11-6-9-4-3-5-10(9)7-11;3*1-7(2)11-4-3-8-5-10-6-9(8)11/h3*8-10H,3-7H2,1-2H3;3*7-10H,3-6H2,1-2H3/t2*9-,10?;;2*8-,9+;/m10.10./s1. The number of hydrogen-bond donors (Lipinski definition) is 3. The van der Waals surface area contributed by atoms with Crippen LogP contribution in [0.4, 0.5) is 0 Å². The van der Waals surface area contributed by atoms with Crippen LogP contribution in [0.1, 0.15) is 160 Å². The Bertz CT molecular complexity index is 1190. The van der Waals surface area contributed by atoms with Crippen LogP contribution in [0, 0.1) is 53.3 Å². The minimum Gasteiger partial charge on any atom is -0.315 e. The predicted molar refractivity (Wildman–Crippen MR) is 282 cm³/mol. The maximum Gasteiger partial charge on any atom is 0.0264 e. The molecule has 0 aromatic heterocycles. The van der Waals surface area contributed by atoms with Gasteiger partial charge < -0.3 is 30.7 Å². The largest absolute Gasteiger partial charge is 0.315 e. The molecule has 0 aromatic rings. The van der Waals surface area contributed by atoms with E-state index in [-0.39, 0.29) is 0 Å². The van der Waals surface area contributed by atoms with Gasteiger partial charge in [-0.15, -0.1) is 0 Å². The Balaban J connectivity index is 0.000000118. The van der Waals surface area contributed by atoms with Gasteiger partial charge in [0, 0.05) is 113 Å². The third-order valence-electron chi connectivity index (χ3n) is 19.9. The summed E-state index contributed by atoms with van der Waals surface area (Å²) in [6.45, 7) is 47.5. The van der Waals surface area contributed by atoms with E-state index < -0.39 is 0 Å². The molecular weight excluding hydrogens is 811 g/mol. The zero-order chi connectivity index (χ0) is 47.1. The fourth-order valence-electron chi connectivity index (χ4n) is 15.6. The van der Waals surface area contributed by atoms with Crippen molar-refractivity contribution in [1.82, 2.24) is 45.3 Å². The first kappa shape index (κ1) is 53.4. The van der Waals surface area contributed by atoms with E-state index in [4.69, 9.17) is 0 Å². The summed E-state index contributed by atoms with van der Waals surface area (Å²) < 4.78 is 0. The van der Waals surface area contributed by atoms with Crippen LogP contribution in [0.25, 0.3) is 0 Å². The Morgan fingerprint density at radius 2 is 0.500 bits per heavy atom. The van der Waals surface area contributed by atoms with Crippen LogP contribution < -0.4 is 16.0 Å². The normalized spacial score (nSPS) is 38.5. The van der Waals surface area contributed by atoms with Gasteiger partial charge in [0.05, 0.1) is 0 Å². The van der Waals surface area contributed by atoms with Crippen LogP contribution in [0.2, 0.25) is 0 Å². The molecule has 0 radical (unpaired) electrons. The van der Waals surface area contributed by atoms with E-state index in [0.29, 0.717) is 0 Å². The van der Waals surface area contributed by atoms with Gasteiger partial charge in [0.2, 0.25) is 0 Å². The Hall–Kier alpha value is -0.360. The van der Waals surface area contributed by atoms with Crippen molar-refractivity contribution in [3.05, 3.63) is 0 Å². The van der Waals surface area contributed by atoms with E-state index in [0.717, 1.165) is 108 Å². The highest BCUT2D eigenvalue weighted by Crippen LogP contribution is 2.40. The molecule has 9 nitrogen and oxygen atoms in total. The number of rotatable bonds is 6. The second-order valence-corrected chi connectivity index (χ2v) is 25.8. The van der Waals surface area contributed by atoms with Gasteiger partial charge in [-0.25, -0.2) is 0 Å². The average Bonchev–Trinajstić information content (AvgIpc) is 4.07. The van der Waals surface area contributed by atoms with Crippen LogP contribution in [0.5, 0.6) is 0 Å². The molecule has 0 bridgehead atoms. The summed E-state index contributed by atoms with van der Waals surface area (Å²) >= 11 is 0. The Morgan fingerprint density at radius 3 is 0.697 bits per heavy atom. The lowest BCUT2D eigenvalue weighted by molar-refractivity contribution is 0.203. The van der Waals surface area contributed by atoms with E-state index in [1.165, 1.54) is 175 Å². The summed E-state index contributed by atoms with van der Waals surface area (Å²) in [4.78, 5) is 15.9. The Kier molecular flexibility index (Phi) is 20.5.